The number of amides is 1. The standard InChI is InChI=1S/C12H16ClN3O2/c13-11-9-10(1-2-14-11)12(18)16-5-3-15(4-6-16)7-8-17/h1-2,9,17H,3-8H2. The van der Waals surface area contributed by atoms with Crippen LogP contribution in [0.1, 0.15) is 10.4 Å². The monoisotopic (exact) mass is 269 g/mol. The van der Waals surface area contributed by atoms with E-state index in [1.165, 1.54) is 6.20 Å². The minimum absolute atomic E-state index is 0.0112. The van der Waals surface area contributed by atoms with Gasteiger partial charge in [0.15, 0.2) is 0 Å². The normalized spacial score (nSPS) is 16.9. The molecule has 0 aliphatic carbocycles. The first-order chi connectivity index (χ1) is 8.70. The van der Waals surface area contributed by atoms with E-state index >= 15 is 0 Å². The Bertz CT molecular complexity index is 420. The van der Waals surface area contributed by atoms with Crippen molar-refractivity contribution < 1.29 is 9.90 Å². The highest BCUT2D eigenvalue weighted by Crippen LogP contribution is 2.11. The average molecular weight is 270 g/mol. The molecule has 1 amide bonds. The number of carbonyl (C=O) groups is 1. The fourth-order valence-corrected chi connectivity index (χ4v) is 2.21. The largest absolute Gasteiger partial charge is 0.395 e. The Morgan fingerprint density at radius 3 is 2.72 bits per heavy atom. The van der Waals surface area contributed by atoms with E-state index in [1.54, 1.807) is 17.0 Å². The molecule has 1 aliphatic rings. The zero-order valence-corrected chi connectivity index (χ0v) is 10.8. The lowest BCUT2D eigenvalue weighted by Gasteiger charge is -2.34. The summed E-state index contributed by atoms with van der Waals surface area (Å²) in [5, 5.41) is 9.19. The van der Waals surface area contributed by atoms with E-state index in [0.717, 1.165) is 13.1 Å². The first kappa shape index (κ1) is 13.3. The molecule has 98 valence electrons. The van der Waals surface area contributed by atoms with Crippen LogP contribution >= 0.6 is 11.6 Å². The highest BCUT2D eigenvalue weighted by Gasteiger charge is 2.21. The second-order valence-corrected chi connectivity index (χ2v) is 4.61. The maximum atomic E-state index is 12.2. The second-order valence-electron chi connectivity index (χ2n) is 4.22. The van der Waals surface area contributed by atoms with E-state index in [-0.39, 0.29) is 12.5 Å². The molecule has 1 saturated heterocycles. The van der Waals surface area contributed by atoms with Crippen molar-refractivity contribution >= 4 is 17.5 Å². The van der Waals surface area contributed by atoms with Gasteiger partial charge in [0.05, 0.1) is 6.61 Å². The van der Waals surface area contributed by atoms with Crippen LogP contribution in [0.4, 0.5) is 0 Å². The Labute approximate surface area is 111 Å². The van der Waals surface area contributed by atoms with Crippen molar-refractivity contribution in [2.75, 3.05) is 39.3 Å². The van der Waals surface area contributed by atoms with E-state index in [9.17, 15) is 4.79 Å². The summed E-state index contributed by atoms with van der Waals surface area (Å²) in [6.45, 7) is 3.78. The Morgan fingerprint density at radius 2 is 2.11 bits per heavy atom. The molecule has 0 atom stereocenters. The van der Waals surface area contributed by atoms with Gasteiger partial charge in [0.25, 0.3) is 5.91 Å². The zero-order chi connectivity index (χ0) is 13.0. The second kappa shape index (κ2) is 6.13. The predicted octanol–water partition coefficient (Wildman–Crippen LogP) is 0.485. The Morgan fingerprint density at radius 1 is 1.39 bits per heavy atom. The fourth-order valence-electron chi connectivity index (χ4n) is 2.03. The Hall–Kier alpha value is -1.17. The number of halogens is 1. The summed E-state index contributed by atoms with van der Waals surface area (Å²) in [6.07, 6.45) is 1.54. The van der Waals surface area contributed by atoms with Crippen LogP contribution in [-0.2, 0) is 0 Å². The molecular formula is C12H16ClN3O2. The maximum Gasteiger partial charge on any atom is 0.254 e. The average Bonchev–Trinajstić information content (AvgIpc) is 2.39. The highest BCUT2D eigenvalue weighted by molar-refractivity contribution is 6.29. The summed E-state index contributed by atoms with van der Waals surface area (Å²) in [7, 11) is 0. The molecule has 6 heteroatoms. The molecule has 1 aromatic heterocycles. The van der Waals surface area contributed by atoms with Crippen LogP contribution in [-0.4, -0.2) is 65.1 Å². The van der Waals surface area contributed by atoms with Crippen LogP contribution < -0.4 is 0 Å². The predicted molar refractivity (Wildman–Crippen MR) is 68.7 cm³/mol. The smallest absolute Gasteiger partial charge is 0.254 e. The SMILES string of the molecule is O=C(c1ccnc(Cl)c1)N1CCN(CCO)CC1. The van der Waals surface area contributed by atoms with Gasteiger partial charge in [0.2, 0.25) is 0 Å². The molecule has 18 heavy (non-hydrogen) atoms. The molecule has 0 saturated carbocycles. The Balaban J connectivity index is 1.95. The third kappa shape index (κ3) is 3.19. The van der Waals surface area contributed by atoms with Gasteiger partial charge >= 0.3 is 0 Å². The summed E-state index contributed by atoms with van der Waals surface area (Å²) >= 11 is 5.77. The molecular weight excluding hydrogens is 254 g/mol. The third-order valence-electron chi connectivity index (χ3n) is 3.05. The first-order valence-corrected chi connectivity index (χ1v) is 6.32. The van der Waals surface area contributed by atoms with Crippen molar-refractivity contribution in [3.05, 3.63) is 29.0 Å². The van der Waals surface area contributed by atoms with Gasteiger partial charge in [-0.3, -0.25) is 9.69 Å². The van der Waals surface area contributed by atoms with Crippen molar-refractivity contribution in [2.45, 2.75) is 0 Å². The summed E-state index contributed by atoms with van der Waals surface area (Å²) in [4.78, 5) is 20.0. The number of hydrogen-bond acceptors (Lipinski definition) is 4. The van der Waals surface area contributed by atoms with Crippen molar-refractivity contribution in [3.63, 3.8) is 0 Å². The number of hydrogen-bond donors (Lipinski definition) is 1. The van der Waals surface area contributed by atoms with Crippen LogP contribution in [0.5, 0.6) is 0 Å². The molecule has 2 rings (SSSR count). The van der Waals surface area contributed by atoms with Crippen molar-refractivity contribution in [2.24, 2.45) is 0 Å². The Kier molecular flexibility index (Phi) is 4.52. The van der Waals surface area contributed by atoms with Crippen molar-refractivity contribution in [1.29, 1.82) is 0 Å². The minimum Gasteiger partial charge on any atom is -0.395 e. The van der Waals surface area contributed by atoms with Crippen molar-refractivity contribution in [3.8, 4) is 0 Å². The van der Waals surface area contributed by atoms with Gasteiger partial charge < -0.3 is 10.0 Å². The van der Waals surface area contributed by atoms with E-state index in [1.807, 2.05) is 0 Å². The lowest BCUT2D eigenvalue weighted by atomic mass is 10.2. The van der Waals surface area contributed by atoms with Gasteiger partial charge in [-0.05, 0) is 12.1 Å². The maximum absolute atomic E-state index is 12.2. The molecule has 2 heterocycles. The molecule has 1 fully saturated rings. The number of pyridine rings is 1. The molecule has 0 bridgehead atoms. The first-order valence-electron chi connectivity index (χ1n) is 5.95. The number of carbonyl (C=O) groups excluding carboxylic acids is 1. The molecule has 0 spiro atoms. The quantitative estimate of drug-likeness (QED) is 0.812. The van der Waals surface area contributed by atoms with E-state index in [0.29, 0.717) is 30.4 Å². The number of piperazine rings is 1. The summed E-state index contributed by atoms with van der Waals surface area (Å²) < 4.78 is 0. The molecule has 1 aromatic rings. The molecule has 5 nitrogen and oxygen atoms in total. The number of aliphatic hydroxyl groups excluding tert-OH is 1. The minimum atomic E-state index is -0.0112. The molecule has 1 N–H and O–H groups in total. The molecule has 0 unspecified atom stereocenters. The van der Waals surface area contributed by atoms with Crippen LogP contribution in [0, 0.1) is 0 Å². The van der Waals surface area contributed by atoms with Crippen molar-refractivity contribution in [1.82, 2.24) is 14.8 Å². The zero-order valence-electron chi connectivity index (χ0n) is 10.0. The molecule has 0 radical (unpaired) electrons. The van der Waals surface area contributed by atoms with Crippen LogP contribution in [0.15, 0.2) is 18.3 Å². The number of nitrogens with zero attached hydrogens (tertiary/aromatic N) is 3. The molecule has 1 aliphatic heterocycles. The van der Waals surface area contributed by atoms with Gasteiger partial charge in [-0.25, -0.2) is 4.98 Å². The van der Waals surface area contributed by atoms with Gasteiger partial charge in [-0.15, -0.1) is 0 Å². The summed E-state index contributed by atoms with van der Waals surface area (Å²) in [6, 6.07) is 3.26. The van der Waals surface area contributed by atoms with E-state index in [4.69, 9.17) is 16.7 Å². The van der Waals surface area contributed by atoms with Gasteiger partial charge in [0.1, 0.15) is 5.15 Å². The highest BCUT2D eigenvalue weighted by atomic mass is 35.5. The topological polar surface area (TPSA) is 56.7 Å². The van der Waals surface area contributed by atoms with Gasteiger partial charge in [-0.2, -0.15) is 0 Å². The van der Waals surface area contributed by atoms with Crippen LogP contribution in [0.25, 0.3) is 0 Å². The number of rotatable bonds is 3. The lowest BCUT2D eigenvalue weighted by Crippen LogP contribution is -2.49. The fraction of sp³-hybridized carbons (Fsp3) is 0.500. The molecule has 0 aromatic carbocycles. The van der Waals surface area contributed by atoms with Gasteiger partial charge in [0, 0.05) is 44.5 Å². The van der Waals surface area contributed by atoms with Crippen LogP contribution in [0.2, 0.25) is 5.15 Å². The number of aliphatic hydroxyl groups is 1. The summed E-state index contributed by atoms with van der Waals surface area (Å²) in [5.74, 6) is -0.0112. The van der Waals surface area contributed by atoms with E-state index in [2.05, 4.69) is 9.88 Å². The lowest BCUT2D eigenvalue weighted by molar-refractivity contribution is 0.0615. The van der Waals surface area contributed by atoms with E-state index < -0.39 is 0 Å². The van der Waals surface area contributed by atoms with Gasteiger partial charge in [-0.1, -0.05) is 11.6 Å². The number of aromatic nitrogens is 1. The summed E-state index contributed by atoms with van der Waals surface area (Å²) in [5.41, 5.74) is 0.575. The van der Waals surface area contributed by atoms with Crippen LogP contribution in [0.3, 0.4) is 0 Å². The third-order valence-corrected chi connectivity index (χ3v) is 3.26. The number of β-amino-alcohol motifs (C(OH)–C–C–N with tert-alkyl or cyclic N) is 1.